The van der Waals surface area contributed by atoms with E-state index in [-0.39, 0.29) is 42.1 Å². The zero-order valence-electron chi connectivity index (χ0n) is 15.6. The van der Waals surface area contributed by atoms with E-state index in [4.69, 9.17) is 14.5 Å². The van der Waals surface area contributed by atoms with Crippen LogP contribution in [0.4, 0.5) is 0 Å². The second-order valence-corrected chi connectivity index (χ2v) is 7.30. The Labute approximate surface area is 176 Å². The van der Waals surface area contributed by atoms with E-state index in [9.17, 15) is 4.79 Å². The van der Waals surface area contributed by atoms with Gasteiger partial charge in [0.05, 0.1) is 6.54 Å². The van der Waals surface area contributed by atoms with Gasteiger partial charge in [0, 0.05) is 43.6 Å². The highest BCUT2D eigenvalue weighted by Crippen LogP contribution is 2.37. The van der Waals surface area contributed by atoms with Gasteiger partial charge in [0.15, 0.2) is 17.5 Å². The molecule has 1 amide bonds. The first-order chi connectivity index (χ1) is 12.7. The van der Waals surface area contributed by atoms with E-state index in [1.807, 2.05) is 18.2 Å². The molecule has 2 fully saturated rings. The molecule has 1 atom stereocenters. The van der Waals surface area contributed by atoms with Gasteiger partial charge in [0.25, 0.3) is 0 Å². The molecule has 1 unspecified atom stereocenters. The third kappa shape index (κ3) is 4.25. The number of guanidine groups is 1. The highest BCUT2D eigenvalue weighted by Gasteiger charge is 2.42. The second-order valence-electron chi connectivity index (χ2n) is 7.30. The quantitative estimate of drug-likeness (QED) is 0.389. The maximum absolute atomic E-state index is 11.7. The van der Waals surface area contributed by atoms with Crippen molar-refractivity contribution in [3.8, 4) is 11.5 Å². The molecule has 3 aliphatic rings. The topological polar surface area (TPSA) is 75.2 Å². The number of rotatable bonds is 3. The van der Waals surface area contributed by atoms with Crippen LogP contribution in [0.15, 0.2) is 23.2 Å². The van der Waals surface area contributed by atoms with Crippen LogP contribution >= 0.6 is 24.0 Å². The molecule has 1 spiro atoms. The van der Waals surface area contributed by atoms with Crippen LogP contribution in [-0.2, 0) is 11.3 Å². The highest BCUT2D eigenvalue weighted by molar-refractivity contribution is 14.0. The summed E-state index contributed by atoms with van der Waals surface area (Å²) in [5.41, 5.74) is 1.08. The van der Waals surface area contributed by atoms with Gasteiger partial charge in [-0.15, -0.1) is 24.0 Å². The Morgan fingerprint density at radius 1 is 1.41 bits per heavy atom. The molecule has 2 N–H and O–H groups in total. The zero-order chi connectivity index (χ0) is 18.0. The number of piperidine rings is 1. The Kier molecular flexibility index (Phi) is 6.33. The van der Waals surface area contributed by atoms with Gasteiger partial charge >= 0.3 is 0 Å². The number of likely N-dealkylation sites (tertiary alicyclic amines) is 1. The van der Waals surface area contributed by atoms with Crippen LogP contribution in [0, 0.1) is 5.41 Å². The van der Waals surface area contributed by atoms with Crippen molar-refractivity contribution in [1.82, 2.24) is 15.5 Å². The number of fused-ring (bicyclic) bond motifs is 1. The van der Waals surface area contributed by atoms with Crippen molar-refractivity contribution in [2.45, 2.75) is 32.7 Å². The van der Waals surface area contributed by atoms with Crippen LogP contribution in [0.3, 0.4) is 0 Å². The summed E-state index contributed by atoms with van der Waals surface area (Å²) >= 11 is 0. The summed E-state index contributed by atoms with van der Waals surface area (Å²) in [5.74, 6) is 2.66. The minimum absolute atomic E-state index is 0. The maximum atomic E-state index is 11.7. The molecular weight excluding hydrogens is 459 g/mol. The number of nitrogens with one attached hydrogen (secondary N) is 2. The molecule has 0 aromatic heterocycles. The largest absolute Gasteiger partial charge is 0.454 e. The summed E-state index contributed by atoms with van der Waals surface area (Å²) < 4.78 is 11.0. The van der Waals surface area contributed by atoms with Crippen LogP contribution in [-0.4, -0.2) is 49.7 Å². The molecule has 1 aromatic carbocycles. The standard InChI is InChI=1S/C19H26N4O3.HI/c1-2-20-18(21-10-14-5-3-6-15-17(14)26-13-25-15)23-8-4-7-19(12-23)9-16(24)22-11-19;/h3,5-6H,2,4,7-13H2,1H3,(H,20,21)(H,22,24);1H. The predicted molar refractivity (Wildman–Crippen MR) is 114 cm³/mol. The molecule has 4 rings (SSSR count). The summed E-state index contributed by atoms with van der Waals surface area (Å²) in [7, 11) is 0. The van der Waals surface area contributed by atoms with Crippen molar-refractivity contribution in [2.24, 2.45) is 10.4 Å². The average molecular weight is 486 g/mol. The van der Waals surface area contributed by atoms with Gasteiger partial charge in [-0.05, 0) is 25.8 Å². The number of halogens is 1. The third-order valence-corrected chi connectivity index (χ3v) is 5.37. The molecule has 0 saturated carbocycles. The fourth-order valence-electron chi connectivity index (χ4n) is 4.13. The van der Waals surface area contributed by atoms with Gasteiger partial charge in [-0.2, -0.15) is 0 Å². The monoisotopic (exact) mass is 486 g/mol. The first kappa shape index (κ1) is 20.0. The number of para-hydroxylation sites is 1. The van der Waals surface area contributed by atoms with Crippen LogP contribution in [0.25, 0.3) is 0 Å². The predicted octanol–water partition coefficient (Wildman–Crippen LogP) is 2.10. The summed E-state index contributed by atoms with van der Waals surface area (Å²) in [4.78, 5) is 18.9. The number of aliphatic imine (C=N–C) groups is 1. The summed E-state index contributed by atoms with van der Waals surface area (Å²) in [6.07, 6.45) is 2.80. The van der Waals surface area contributed by atoms with Gasteiger partial charge in [0.2, 0.25) is 12.7 Å². The number of hydrogen-bond acceptors (Lipinski definition) is 4. The molecule has 0 bridgehead atoms. The lowest BCUT2D eigenvalue weighted by atomic mass is 9.79. The van der Waals surface area contributed by atoms with Crippen molar-refractivity contribution in [3.05, 3.63) is 23.8 Å². The van der Waals surface area contributed by atoms with Crippen LogP contribution in [0.1, 0.15) is 31.7 Å². The lowest BCUT2D eigenvalue weighted by molar-refractivity contribution is -0.119. The molecule has 8 heteroatoms. The van der Waals surface area contributed by atoms with E-state index in [0.29, 0.717) is 13.0 Å². The summed E-state index contributed by atoms with van der Waals surface area (Å²) in [5, 5.41) is 6.41. The molecule has 148 valence electrons. The fourth-order valence-corrected chi connectivity index (χ4v) is 4.13. The average Bonchev–Trinajstić information content (AvgIpc) is 3.26. The van der Waals surface area contributed by atoms with Gasteiger partial charge in [-0.1, -0.05) is 12.1 Å². The summed E-state index contributed by atoms with van der Waals surface area (Å²) in [6, 6.07) is 5.91. The molecule has 3 heterocycles. The van der Waals surface area contributed by atoms with Crippen LogP contribution in [0.5, 0.6) is 11.5 Å². The first-order valence-corrected chi connectivity index (χ1v) is 9.37. The lowest BCUT2D eigenvalue weighted by Gasteiger charge is -2.40. The van der Waals surface area contributed by atoms with E-state index in [2.05, 4.69) is 22.5 Å². The number of nitrogens with zero attached hydrogens (tertiary/aromatic N) is 2. The van der Waals surface area contributed by atoms with Gasteiger partial charge in [-0.25, -0.2) is 4.99 Å². The molecule has 1 aromatic rings. The number of ether oxygens (including phenoxy) is 2. The molecular formula is C19H27IN4O3. The number of hydrogen-bond donors (Lipinski definition) is 2. The normalized spacial score (nSPS) is 24.0. The Morgan fingerprint density at radius 3 is 3.07 bits per heavy atom. The first-order valence-electron chi connectivity index (χ1n) is 9.37. The SMILES string of the molecule is CCNC(=NCc1cccc2c1OCO2)N1CCCC2(CNC(=O)C2)C1.I. The summed E-state index contributed by atoms with van der Waals surface area (Å²) in [6.45, 7) is 6.30. The maximum Gasteiger partial charge on any atom is 0.231 e. The third-order valence-electron chi connectivity index (χ3n) is 5.37. The van der Waals surface area contributed by atoms with E-state index < -0.39 is 0 Å². The Morgan fingerprint density at radius 2 is 2.30 bits per heavy atom. The molecule has 3 aliphatic heterocycles. The number of benzene rings is 1. The Balaban J connectivity index is 0.00000210. The van der Waals surface area contributed by atoms with Crippen molar-refractivity contribution < 1.29 is 14.3 Å². The Hall–Kier alpha value is -1.71. The number of carbonyl (C=O) groups is 1. The molecule has 0 radical (unpaired) electrons. The van der Waals surface area contributed by atoms with Crippen molar-refractivity contribution in [1.29, 1.82) is 0 Å². The minimum Gasteiger partial charge on any atom is -0.454 e. The van der Waals surface area contributed by atoms with Crippen molar-refractivity contribution in [3.63, 3.8) is 0 Å². The minimum atomic E-state index is 0. The van der Waals surface area contributed by atoms with E-state index in [1.54, 1.807) is 0 Å². The van der Waals surface area contributed by atoms with Crippen LogP contribution < -0.4 is 20.1 Å². The van der Waals surface area contributed by atoms with E-state index in [1.165, 1.54) is 0 Å². The Bertz CT molecular complexity index is 727. The molecule has 2 saturated heterocycles. The molecule has 27 heavy (non-hydrogen) atoms. The second kappa shape index (κ2) is 8.53. The number of amides is 1. The smallest absolute Gasteiger partial charge is 0.231 e. The van der Waals surface area contributed by atoms with Gasteiger partial charge in [-0.3, -0.25) is 4.79 Å². The van der Waals surface area contributed by atoms with E-state index >= 15 is 0 Å². The van der Waals surface area contributed by atoms with Crippen molar-refractivity contribution >= 4 is 35.8 Å². The zero-order valence-corrected chi connectivity index (χ0v) is 18.0. The highest BCUT2D eigenvalue weighted by atomic mass is 127. The van der Waals surface area contributed by atoms with Gasteiger partial charge < -0.3 is 25.0 Å². The number of carbonyl (C=O) groups excluding carboxylic acids is 1. The van der Waals surface area contributed by atoms with Gasteiger partial charge in [0.1, 0.15) is 0 Å². The van der Waals surface area contributed by atoms with Crippen LogP contribution in [0.2, 0.25) is 0 Å². The van der Waals surface area contributed by atoms with Crippen molar-refractivity contribution in [2.75, 3.05) is 33.0 Å². The molecule has 0 aliphatic carbocycles. The fraction of sp³-hybridized carbons (Fsp3) is 0.579. The molecule has 7 nitrogen and oxygen atoms in total. The lowest BCUT2D eigenvalue weighted by Crippen LogP contribution is -2.51. The van der Waals surface area contributed by atoms with E-state index in [0.717, 1.165) is 62.0 Å².